The molecule has 0 spiro atoms. The molecule has 3 aromatic rings. The Morgan fingerprint density at radius 3 is 2.70 bits per heavy atom. The molecule has 0 amide bonds. The zero-order valence-corrected chi connectivity index (χ0v) is 16.0. The molecule has 4 rings (SSSR count). The van der Waals surface area contributed by atoms with Gasteiger partial charge in [-0.25, -0.2) is 8.42 Å². The van der Waals surface area contributed by atoms with Crippen molar-refractivity contribution in [3.8, 4) is 11.4 Å². The Kier molecular flexibility index (Phi) is 4.99. The highest BCUT2D eigenvalue weighted by Crippen LogP contribution is 2.30. The van der Waals surface area contributed by atoms with Gasteiger partial charge in [0.1, 0.15) is 0 Å². The summed E-state index contributed by atoms with van der Waals surface area (Å²) in [5, 5.41) is 4.63. The first kappa shape index (κ1) is 18.2. The third-order valence-corrected chi connectivity index (χ3v) is 6.75. The van der Waals surface area contributed by atoms with E-state index >= 15 is 0 Å². The van der Waals surface area contributed by atoms with Gasteiger partial charge >= 0.3 is 0 Å². The van der Waals surface area contributed by atoms with E-state index in [1.165, 1.54) is 4.31 Å². The lowest BCUT2D eigenvalue weighted by atomic mass is 10.00. The van der Waals surface area contributed by atoms with Crippen molar-refractivity contribution in [2.24, 2.45) is 0 Å². The second-order valence-corrected chi connectivity index (χ2v) is 8.86. The Balaban J connectivity index is 1.56. The van der Waals surface area contributed by atoms with Gasteiger partial charge in [-0.05, 0) is 37.1 Å². The molecule has 6 nitrogen and oxygen atoms in total. The molecular formula is C19H18ClN3O3S. The van der Waals surface area contributed by atoms with Gasteiger partial charge in [0.2, 0.25) is 21.7 Å². The number of sulfonamides is 1. The van der Waals surface area contributed by atoms with Crippen molar-refractivity contribution in [2.75, 3.05) is 13.1 Å². The molecule has 1 aromatic heterocycles. The van der Waals surface area contributed by atoms with Gasteiger partial charge in [0.05, 0.1) is 10.8 Å². The molecule has 2 heterocycles. The molecule has 0 N–H and O–H groups in total. The van der Waals surface area contributed by atoms with Crippen LogP contribution in [0.15, 0.2) is 64.0 Å². The molecule has 140 valence electrons. The van der Waals surface area contributed by atoms with Crippen LogP contribution in [0.3, 0.4) is 0 Å². The van der Waals surface area contributed by atoms with Crippen molar-refractivity contribution >= 4 is 21.6 Å². The largest absolute Gasteiger partial charge is 0.339 e. The van der Waals surface area contributed by atoms with Gasteiger partial charge in [-0.3, -0.25) is 0 Å². The quantitative estimate of drug-likeness (QED) is 0.659. The van der Waals surface area contributed by atoms with E-state index in [1.54, 1.807) is 42.5 Å². The molecule has 1 unspecified atom stereocenters. The molecule has 1 aliphatic heterocycles. The molecule has 0 saturated carbocycles. The molecule has 0 bridgehead atoms. The fourth-order valence-corrected chi connectivity index (χ4v) is 4.98. The minimum Gasteiger partial charge on any atom is -0.339 e. The summed E-state index contributed by atoms with van der Waals surface area (Å²) in [5.41, 5.74) is 0.766. The number of rotatable bonds is 4. The first-order valence-corrected chi connectivity index (χ1v) is 10.5. The fraction of sp³-hybridized carbons (Fsp3) is 0.263. The van der Waals surface area contributed by atoms with Crippen LogP contribution < -0.4 is 0 Å². The van der Waals surface area contributed by atoms with Crippen LogP contribution >= 0.6 is 11.6 Å². The maximum atomic E-state index is 12.9. The highest BCUT2D eigenvalue weighted by molar-refractivity contribution is 7.89. The predicted molar refractivity (Wildman–Crippen MR) is 102 cm³/mol. The van der Waals surface area contributed by atoms with Crippen molar-refractivity contribution in [1.82, 2.24) is 14.4 Å². The maximum Gasteiger partial charge on any atom is 0.243 e. The van der Waals surface area contributed by atoms with Crippen LogP contribution in [0.25, 0.3) is 11.4 Å². The third-order valence-electron chi connectivity index (χ3n) is 4.64. The molecule has 1 saturated heterocycles. The molecule has 1 atom stereocenters. The first-order valence-electron chi connectivity index (χ1n) is 8.69. The fourth-order valence-electron chi connectivity index (χ4n) is 3.25. The summed E-state index contributed by atoms with van der Waals surface area (Å²) >= 11 is 6.02. The second-order valence-electron chi connectivity index (χ2n) is 6.48. The minimum absolute atomic E-state index is 0.127. The van der Waals surface area contributed by atoms with Crippen LogP contribution in [0.4, 0.5) is 0 Å². The van der Waals surface area contributed by atoms with Gasteiger partial charge in [0.25, 0.3) is 0 Å². The lowest BCUT2D eigenvalue weighted by Crippen LogP contribution is -2.39. The standard InChI is InChI=1S/C19H18ClN3O3S/c20-16-8-4-6-14(12-16)18-21-19(26-22-18)15-7-5-11-23(13-15)27(24,25)17-9-2-1-3-10-17/h1-4,6,8-10,12,15H,5,7,11,13H2. The summed E-state index contributed by atoms with van der Waals surface area (Å²) in [7, 11) is -3.53. The number of piperidine rings is 1. The van der Waals surface area contributed by atoms with E-state index in [-0.39, 0.29) is 5.92 Å². The van der Waals surface area contributed by atoms with E-state index in [4.69, 9.17) is 16.1 Å². The summed E-state index contributed by atoms with van der Waals surface area (Å²) < 4.78 is 32.7. The van der Waals surface area contributed by atoms with Gasteiger partial charge in [-0.15, -0.1) is 0 Å². The van der Waals surface area contributed by atoms with Gasteiger partial charge in [-0.1, -0.05) is 47.1 Å². The van der Waals surface area contributed by atoms with Crippen LogP contribution in [-0.2, 0) is 10.0 Å². The number of benzene rings is 2. The maximum absolute atomic E-state index is 12.9. The summed E-state index contributed by atoms with van der Waals surface area (Å²) in [5.74, 6) is 0.783. The predicted octanol–water partition coefficient (Wildman–Crippen LogP) is 3.96. The Hall–Kier alpha value is -2.22. The number of nitrogens with zero attached hydrogens (tertiary/aromatic N) is 3. The van der Waals surface area contributed by atoms with Crippen LogP contribution in [0.5, 0.6) is 0 Å². The number of halogens is 1. The number of hydrogen-bond acceptors (Lipinski definition) is 5. The lowest BCUT2D eigenvalue weighted by Gasteiger charge is -2.30. The Labute approximate surface area is 162 Å². The van der Waals surface area contributed by atoms with Crippen molar-refractivity contribution in [3.05, 3.63) is 65.5 Å². The average molecular weight is 404 g/mol. The van der Waals surface area contributed by atoms with Crippen LogP contribution in [0.1, 0.15) is 24.7 Å². The zero-order chi connectivity index (χ0) is 18.9. The van der Waals surface area contributed by atoms with Crippen molar-refractivity contribution < 1.29 is 12.9 Å². The summed E-state index contributed by atoms with van der Waals surface area (Å²) in [6, 6.07) is 15.7. The van der Waals surface area contributed by atoms with E-state index in [0.717, 1.165) is 18.4 Å². The molecule has 1 aliphatic rings. The summed E-state index contributed by atoms with van der Waals surface area (Å²) in [4.78, 5) is 4.78. The van der Waals surface area contributed by atoms with Gasteiger partial charge in [0, 0.05) is 23.7 Å². The van der Waals surface area contributed by atoms with Crippen molar-refractivity contribution in [1.29, 1.82) is 0 Å². The lowest BCUT2D eigenvalue weighted by molar-refractivity contribution is 0.265. The van der Waals surface area contributed by atoms with E-state index in [0.29, 0.717) is 34.7 Å². The smallest absolute Gasteiger partial charge is 0.243 e. The van der Waals surface area contributed by atoms with Crippen LogP contribution in [0.2, 0.25) is 5.02 Å². The summed E-state index contributed by atoms with van der Waals surface area (Å²) in [6.45, 7) is 0.817. The Morgan fingerprint density at radius 1 is 1.11 bits per heavy atom. The molecule has 2 aromatic carbocycles. The van der Waals surface area contributed by atoms with E-state index in [9.17, 15) is 8.42 Å². The molecule has 8 heteroatoms. The average Bonchev–Trinajstić information content (AvgIpc) is 3.19. The van der Waals surface area contributed by atoms with Crippen LogP contribution in [-0.4, -0.2) is 36.0 Å². The van der Waals surface area contributed by atoms with Crippen molar-refractivity contribution in [3.63, 3.8) is 0 Å². The minimum atomic E-state index is -3.53. The molecule has 27 heavy (non-hydrogen) atoms. The third kappa shape index (κ3) is 3.76. The van der Waals surface area contributed by atoms with Gasteiger partial charge < -0.3 is 4.52 Å². The van der Waals surface area contributed by atoms with Gasteiger partial charge in [-0.2, -0.15) is 9.29 Å². The molecule has 1 fully saturated rings. The molecule has 0 radical (unpaired) electrons. The monoisotopic (exact) mass is 403 g/mol. The number of hydrogen-bond donors (Lipinski definition) is 0. The first-order chi connectivity index (χ1) is 13.0. The second kappa shape index (κ2) is 7.42. The number of aromatic nitrogens is 2. The van der Waals surface area contributed by atoms with E-state index in [1.807, 2.05) is 12.1 Å². The summed E-state index contributed by atoms with van der Waals surface area (Å²) in [6.07, 6.45) is 1.55. The van der Waals surface area contributed by atoms with E-state index in [2.05, 4.69) is 10.1 Å². The van der Waals surface area contributed by atoms with Crippen molar-refractivity contribution in [2.45, 2.75) is 23.7 Å². The highest BCUT2D eigenvalue weighted by atomic mass is 35.5. The molecular weight excluding hydrogens is 386 g/mol. The Bertz CT molecular complexity index is 1040. The van der Waals surface area contributed by atoms with E-state index < -0.39 is 10.0 Å². The van der Waals surface area contributed by atoms with Gasteiger partial charge in [0.15, 0.2) is 0 Å². The zero-order valence-electron chi connectivity index (χ0n) is 14.5. The molecule has 0 aliphatic carbocycles. The van der Waals surface area contributed by atoms with Crippen LogP contribution in [0, 0.1) is 0 Å². The topological polar surface area (TPSA) is 76.3 Å². The Morgan fingerprint density at radius 2 is 1.93 bits per heavy atom. The highest BCUT2D eigenvalue weighted by Gasteiger charge is 2.33. The SMILES string of the molecule is O=S(=O)(c1ccccc1)N1CCCC(c2nc(-c3cccc(Cl)c3)no2)C1. The normalized spacial score (nSPS) is 18.5.